The highest BCUT2D eigenvalue weighted by molar-refractivity contribution is 5.90. The average Bonchev–Trinajstić information content (AvgIpc) is 2.97. The second-order valence-electron chi connectivity index (χ2n) is 5.99. The molecule has 2 aromatic rings. The fraction of sp³-hybridized carbons (Fsp3) is 0.211. The lowest BCUT2D eigenvalue weighted by Crippen LogP contribution is -2.30. The van der Waals surface area contributed by atoms with Gasteiger partial charge in [0.2, 0.25) is 11.8 Å². The van der Waals surface area contributed by atoms with Crippen molar-refractivity contribution in [3.05, 3.63) is 65.7 Å². The second kappa shape index (κ2) is 7.61. The smallest absolute Gasteiger partial charge is 0.245 e. The summed E-state index contributed by atoms with van der Waals surface area (Å²) in [7, 11) is 0. The summed E-state index contributed by atoms with van der Waals surface area (Å²) < 4.78 is 0. The molecule has 0 aromatic heterocycles. The van der Waals surface area contributed by atoms with Gasteiger partial charge >= 0.3 is 0 Å². The van der Waals surface area contributed by atoms with E-state index in [0.29, 0.717) is 18.7 Å². The summed E-state index contributed by atoms with van der Waals surface area (Å²) >= 11 is 0. The Kier molecular flexibility index (Phi) is 5.09. The molecular formula is C19H19N3O3. The summed E-state index contributed by atoms with van der Waals surface area (Å²) in [5.74, 6) is -0.577. The molecule has 0 bridgehead atoms. The highest BCUT2D eigenvalue weighted by Crippen LogP contribution is 2.20. The van der Waals surface area contributed by atoms with Gasteiger partial charge in [0.15, 0.2) is 0 Å². The van der Waals surface area contributed by atoms with Crippen molar-refractivity contribution in [2.45, 2.75) is 13.0 Å². The zero-order chi connectivity index (χ0) is 17.6. The van der Waals surface area contributed by atoms with Crippen LogP contribution in [0.25, 0.3) is 0 Å². The monoisotopic (exact) mass is 337 g/mol. The number of carbonyl (C=O) groups excluding carboxylic acids is 2. The Morgan fingerprint density at radius 3 is 2.80 bits per heavy atom. The van der Waals surface area contributed by atoms with Crippen LogP contribution in [-0.2, 0) is 16.1 Å². The lowest BCUT2D eigenvalue weighted by molar-refractivity contribution is -0.129. The molecule has 2 amide bonds. The van der Waals surface area contributed by atoms with Crippen LogP contribution < -0.4 is 5.43 Å². The number of nitrogens with one attached hydrogen (secondary N) is 1. The average molecular weight is 337 g/mol. The first kappa shape index (κ1) is 16.7. The van der Waals surface area contributed by atoms with Crippen molar-refractivity contribution >= 4 is 18.0 Å². The summed E-state index contributed by atoms with van der Waals surface area (Å²) in [4.78, 5) is 26.0. The highest BCUT2D eigenvalue weighted by atomic mass is 16.3. The van der Waals surface area contributed by atoms with Crippen LogP contribution in [0.15, 0.2) is 59.7 Å². The number of aromatic hydroxyl groups is 1. The maximum atomic E-state index is 12.2. The maximum absolute atomic E-state index is 12.2. The van der Waals surface area contributed by atoms with E-state index in [0.717, 1.165) is 5.56 Å². The Balaban J connectivity index is 1.54. The largest absolute Gasteiger partial charge is 0.508 e. The molecule has 1 aliphatic rings. The Bertz CT molecular complexity index is 790. The quantitative estimate of drug-likeness (QED) is 0.646. The van der Waals surface area contributed by atoms with Crippen LogP contribution in [0.4, 0.5) is 0 Å². The summed E-state index contributed by atoms with van der Waals surface area (Å²) in [5.41, 5.74) is 4.18. The number of nitrogens with zero attached hydrogens (tertiary/aromatic N) is 2. The van der Waals surface area contributed by atoms with E-state index in [2.05, 4.69) is 10.5 Å². The number of hydrogen-bond donors (Lipinski definition) is 2. The fourth-order valence-corrected chi connectivity index (χ4v) is 2.77. The van der Waals surface area contributed by atoms with Crippen molar-refractivity contribution in [3.63, 3.8) is 0 Å². The number of likely N-dealkylation sites (tertiary alicyclic amines) is 1. The molecule has 1 unspecified atom stereocenters. The van der Waals surface area contributed by atoms with Crippen molar-refractivity contribution < 1.29 is 14.7 Å². The van der Waals surface area contributed by atoms with Gasteiger partial charge in [-0.25, -0.2) is 5.43 Å². The van der Waals surface area contributed by atoms with Gasteiger partial charge in [-0.05, 0) is 23.3 Å². The number of phenolic OH excluding ortho intramolecular Hbond substituents is 1. The Morgan fingerprint density at radius 2 is 2.04 bits per heavy atom. The zero-order valence-electron chi connectivity index (χ0n) is 13.6. The van der Waals surface area contributed by atoms with Gasteiger partial charge in [-0.2, -0.15) is 5.10 Å². The number of amides is 2. The van der Waals surface area contributed by atoms with E-state index in [9.17, 15) is 14.7 Å². The van der Waals surface area contributed by atoms with Crippen molar-refractivity contribution in [2.24, 2.45) is 11.0 Å². The van der Waals surface area contributed by atoms with E-state index in [1.165, 1.54) is 12.3 Å². The van der Waals surface area contributed by atoms with Gasteiger partial charge < -0.3 is 10.0 Å². The molecule has 1 heterocycles. The number of hydrogen-bond acceptors (Lipinski definition) is 4. The van der Waals surface area contributed by atoms with Crippen molar-refractivity contribution in [3.8, 4) is 5.75 Å². The van der Waals surface area contributed by atoms with Gasteiger partial charge in [-0.1, -0.05) is 42.5 Å². The molecular weight excluding hydrogens is 318 g/mol. The zero-order valence-corrected chi connectivity index (χ0v) is 13.6. The van der Waals surface area contributed by atoms with Crippen LogP contribution in [0.1, 0.15) is 17.5 Å². The van der Waals surface area contributed by atoms with Crippen molar-refractivity contribution in [1.82, 2.24) is 10.3 Å². The molecule has 1 atom stereocenters. The third kappa shape index (κ3) is 4.44. The summed E-state index contributed by atoms with van der Waals surface area (Å²) in [6, 6.07) is 16.2. The van der Waals surface area contributed by atoms with Gasteiger partial charge in [0.05, 0.1) is 12.1 Å². The van der Waals surface area contributed by atoms with Gasteiger partial charge in [0, 0.05) is 19.5 Å². The number of rotatable bonds is 5. The number of carbonyl (C=O) groups is 2. The minimum atomic E-state index is -0.405. The van der Waals surface area contributed by atoms with Gasteiger partial charge in [0.1, 0.15) is 5.75 Å². The molecule has 0 radical (unpaired) electrons. The van der Waals surface area contributed by atoms with E-state index in [1.54, 1.807) is 23.1 Å². The van der Waals surface area contributed by atoms with Crippen LogP contribution in [0.3, 0.4) is 0 Å². The molecule has 0 aliphatic carbocycles. The van der Waals surface area contributed by atoms with Crippen LogP contribution >= 0.6 is 0 Å². The molecule has 6 nitrogen and oxygen atoms in total. The highest BCUT2D eigenvalue weighted by Gasteiger charge is 2.34. The Labute approximate surface area is 145 Å². The van der Waals surface area contributed by atoms with E-state index < -0.39 is 5.92 Å². The second-order valence-corrected chi connectivity index (χ2v) is 5.99. The van der Waals surface area contributed by atoms with Gasteiger partial charge in [-0.15, -0.1) is 0 Å². The van der Waals surface area contributed by atoms with E-state index in [4.69, 9.17) is 0 Å². The number of phenols is 1. The maximum Gasteiger partial charge on any atom is 0.245 e. The van der Waals surface area contributed by atoms with E-state index in [-0.39, 0.29) is 24.0 Å². The predicted octanol–water partition coefficient (Wildman–Crippen LogP) is 1.89. The molecule has 6 heteroatoms. The van der Waals surface area contributed by atoms with Crippen molar-refractivity contribution in [1.29, 1.82) is 0 Å². The van der Waals surface area contributed by atoms with Crippen LogP contribution in [0.2, 0.25) is 0 Å². The number of benzene rings is 2. The van der Waals surface area contributed by atoms with Gasteiger partial charge in [-0.3, -0.25) is 9.59 Å². The third-order valence-corrected chi connectivity index (χ3v) is 4.06. The summed E-state index contributed by atoms with van der Waals surface area (Å²) in [6.45, 7) is 0.900. The van der Waals surface area contributed by atoms with Crippen LogP contribution in [-0.4, -0.2) is 34.6 Å². The molecule has 2 N–H and O–H groups in total. The van der Waals surface area contributed by atoms with Crippen LogP contribution in [0, 0.1) is 5.92 Å². The third-order valence-electron chi connectivity index (χ3n) is 4.06. The van der Waals surface area contributed by atoms with E-state index >= 15 is 0 Å². The first-order valence-electron chi connectivity index (χ1n) is 8.05. The minimum Gasteiger partial charge on any atom is -0.508 e. The standard InChI is InChI=1S/C19H19N3O3/c23-17-8-4-7-15(9-17)11-20-21-19(25)16-10-18(24)22(13-16)12-14-5-2-1-3-6-14/h1-9,11,16,23H,10,12-13H2,(H,21,25)/b20-11+. The number of hydrazone groups is 1. The van der Waals surface area contributed by atoms with Crippen molar-refractivity contribution in [2.75, 3.05) is 6.54 Å². The topological polar surface area (TPSA) is 82.0 Å². The minimum absolute atomic E-state index is 0.0269. The SMILES string of the molecule is O=C(N/N=C/c1cccc(O)c1)C1CC(=O)N(Cc2ccccc2)C1. The molecule has 2 aromatic carbocycles. The van der Waals surface area contributed by atoms with E-state index in [1.807, 2.05) is 30.3 Å². The molecule has 3 rings (SSSR count). The lowest BCUT2D eigenvalue weighted by atomic mass is 10.1. The summed E-state index contributed by atoms with van der Waals surface area (Å²) in [5, 5.41) is 13.3. The molecule has 25 heavy (non-hydrogen) atoms. The predicted molar refractivity (Wildman–Crippen MR) is 93.8 cm³/mol. The fourth-order valence-electron chi connectivity index (χ4n) is 2.77. The molecule has 0 spiro atoms. The Morgan fingerprint density at radius 1 is 1.24 bits per heavy atom. The summed E-state index contributed by atoms with van der Waals surface area (Å²) in [6.07, 6.45) is 1.65. The normalized spacial score (nSPS) is 17.2. The van der Waals surface area contributed by atoms with Gasteiger partial charge in [0.25, 0.3) is 0 Å². The molecule has 128 valence electrons. The molecule has 1 aliphatic heterocycles. The first-order valence-corrected chi connectivity index (χ1v) is 8.05. The van der Waals surface area contributed by atoms with Crippen LogP contribution in [0.5, 0.6) is 5.75 Å². The first-order chi connectivity index (χ1) is 12.1. The lowest BCUT2D eigenvalue weighted by Gasteiger charge is -2.16. The Hall–Kier alpha value is -3.15. The molecule has 1 fully saturated rings. The molecule has 0 saturated carbocycles. The molecule has 1 saturated heterocycles.